The first-order chi connectivity index (χ1) is 11.7. The van der Waals surface area contributed by atoms with Gasteiger partial charge >= 0.3 is 5.97 Å². The van der Waals surface area contributed by atoms with Crippen molar-refractivity contribution in [1.82, 2.24) is 9.47 Å². The molecule has 1 N–H and O–H groups in total. The van der Waals surface area contributed by atoms with Crippen LogP contribution in [0.3, 0.4) is 0 Å². The van der Waals surface area contributed by atoms with Crippen LogP contribution in [0, 0.1) is 5.92 Å². The highest BCUT2D eigenvalue weighted by atomic mass is 32.1. The Labute approximate surface area is 145 Å². The maximum Gasteiger partial charge on any atom is 0.307 e. The lowest BCUT2D eigenvalue weighted by Gasteiger charge is -2.29. The van der Waals surface area contributed by atoms with Crippen LogP contribution in [0.2, 0.25) is 0 Å². The number of hydrogen-bond donors (Lipinski definition) is 1. The topological polar surface area (TPSA) is 67.1 Å². The third-order valence-corrected chi connectivity index (χ3v) is 4.99. The SMILES string of the molecule is O=C(O)C1CCCN(CCO/N=C/c2sccc2-n2cccc2)C1. The number of thiophene rings is 1. The van der Waals surface area contributed by atoms with Crippen molar-refractivity contribution in [3.05, 3.63) is 40.8 Å². The summed E-state index contributed by atoms with van der Waals surface area (Å²) in [5, 5.41) is 15.2. The van der Waals surface area contributed by atoms with Crippen LogP contribution in [-0.4, -0.2) is 53.0 Å². The predicted molar refractivity (Wildman–Crippen MR) is 94.0 cm³/mol. The lowest BCUT2D eigenvalue weighted by molar-refractivity contribution is -0.143. The highest BCUT2D eigenvalue weighted by Crippen LogP contribution is 2.19. The Morgan fingerprint density at radius 3 is 3.08 bits per heavy atom. The minimum absolute atomic E-state index is 0.252. The number of nitrogens with zero attached hydrogens (tertiary/aromatic N) is 3. The first-order valence-electron chi connectivity index (χ1n) is 8.05. The molecular formula is C17H21N3O3S. The van der Waals surface area contributed by atoms with Gasteiger partial charge in [-0.05, 0) is 43.0 Å². The van der Waals surface area contributed by atoms with Crippen LogP contribution in [-0.2, 0) is 9.63 Å². The molecule has 3 heterocycles. The number of piperidine rings is 1. The molecule has 1 atom stereocenters. The van der Waals surface area contributed by atoms with Crippen molar-refractivity contribution in [1.29, 1.82) is 0 Å². The van der Waals surface area contributed by atoms with Crippen molar-refractivity contribution in [2.75, 3.05) is 26.2 Å². The average molecular weight is 347 g/mol. The van der Waals surface area contributed by atoms with Gasteiger partial charge in [-0.1, -0.05) is 5.16 Å². The molecule has 1 unspecified atom stereocenters. The Morgan fingerprint density at radius 2 is 2.29 bits per heavy atom. The van der Waals surface area contributed by atoms with E-state index in [0.29, 0.717) is 19.7 Å². The molecule has 3 rings (SSSR count). The van der Waals surface area contributed by atoms with Crippen molar-refractivity contribution in [2.45, 2.75) is 12.8 Å². The molecule has 1 saturated heterocycles. The maximum absolute atomic E-state index is 11.1. The van der Waals surface area contributed by atoms with Crippen LogP contribution in [0.4, 0.5) is 0 Å². The largest absolute Gasteiger partial charge is 0.481 e. The third-order valence-electron chi connectivity index (χ3n) is 4.15. The van der Waals surface area contributed by atoms with Gasteiger partial charge in [-0.15, -0.1) is 11.3 Å². The smallest absolute Gasteiger partial charge is 0.307 e. The zero-order valence-electron chi connectivity index (χ0n) is 13.4. The van der Waals surface area contributed by atoms with Crippen molar-refractivity contribution >= 4 is 23.5 Å². The summed E-state index contributed by atoms with van der Waals surface area (Å²) in [4.78, 5) is 19.6. The van der Waals surface area contributed by atoms with Crippen LogP contribution in [0.25, 0.3) is 5.69 Å². The summed E-state index contributed by atoms with van der Waals surface area (Å²) < 4.78 is 2.04. The molecule has 2 aromatic rings. The molecule has 24 heavy (non-hydrogen) atoms. The average Bonchev–Trinajstić information content (AvgIpc) is 3.26. The van der Waals surface area contributed by atoms with E-state index >= 15 is 0 Å². The van der Waals surface area contributed by atoms with Crippen molar-refractivity contribution in [3.63, 3.8) is 0 Å². The number of carboxylic acids is 1. The van der Waals surface area contributed by atoms with E-state index in [2.05, 4.69) is 10.1 Å². The van der Waals surface area contributed by atoms with Crippen LogP contribution in [0.15, 0.2) is 41.1 Å². The number of carboxylic acid groups (broad SMARTS) is 1. The Morgan fingerprint density at radius 1 is 1.46 bits per heavy atom. The molecule has 0 radical (unpaired) electrons. The molecule has 6 nitrogen and oxygen atoms in total. The number of rotatable bonds is 7. The Hall–Kier alpha value is -2.12. The zero-order chi connectivity index (χ0) is 16.8. The summed E-state index contributed by atoms with van der Waals surface area (Å²) in [6.07, 6.45) is 7.42. The lowest BCUT2D eigenvalue weighted by atomic mass is 9.98. The molecule has 128 valence electrons. The summed E-state index contributed by atoms with van der Waals surface area (Å²) in [5.41, 5.74) is 1.08. The molecule has 0 saturated carbocycles. The second-order valence-electron chi connectivity index (χ2n) is 5.81. The van der Waals surface area contributed by atoms with Gasteiger partial charge in [0, 0.05) is 25.5 Å². The molecule has 2 aromatic heterocycles. The quantitative estimate of drug-likeness (QED) is 0.475. The predicted octanol–water partition coefficient (Wildman–Crippen LogP) is 2.69. The first kappa shape index (κ1) is 16.7. The molecule has 0 spiro atoms. The second-order valence-corrected chi connectivity index (χ2v) is 6.75. The summed E-state index contributed by atoms with van der Waals surface area (Å²) in [7, 11) is 0. The minimum Gasteiger partial charge on any atom is -0.481 e. The van der Waals surface area contributed by atoms with E-state index in [4.69, 9.17) is 9.94 Å². The van der Waals surface area contributed by atoms with E-state index in [0.717, 1.165) is 30.0 Å². The Kier molecular flexibility index (Phi) is 5.66. The Balaban J connectivity index is 1.45. The van der Waals surface area contributed by atoms with Crippen molar-refractivity contribution in [3.8, 4) is 5.69 Å². The molecule has 0 aliphatic carbocycles. The fraction of sp³-hybridized carbons (Fsp3) is 0.412. The van der Waals surface area contributed by atoms with Gasteiger partial charge in [0.1, 0.15) is 6.61 Å². The van der Waals surface area contributed by atoms with Gasteiger partial charge in [0.2, 0.25) is 0 Å². The fourth-order valence-corrected chi connectivity index (χ4v) is 3.63. The van der Waals surface area contributed by atoms with E-state index in [1.54, 1.807) is 17.6 Å². The fourth-order valence-electron chi connectivity index (χ4n) is 2.89. The van der Waals surface area contributed by atoms with E-state index < -0.39 is 5.97 Å². The highest BCUT2D eigenvalue weighted by molar-refractivity contribution is 7.12. The second kappa shape index (κ2) is 8.12. The van der Waals surface area contributed by atoms with Gasteiger partial charge < -0.3 is 14.5 Å². The van der Waals surface area contributed by atoms with Gasteiger partial charge in [0.25, 0.3) is 0 Å². The van der Waals surface area contributed by atoms with Gasteiger partial charge in [-0.3, -0.25) is 9.69 Å². The minimum atomic E-state index is -0.700. The summed E-state index contributed by atoms with van der Waals surface area (Å²) in [6.45, 7) is 2.70. The monoisotopic (exact) mass is 347 g/mol. The standard InChI is InChI=1S/C17H21N3O3S/c21-17(22)14-4-3-6-19(13-14)9-10-23-18-12-16-15(5-11-24-16)20-7-1-2-8-20/h1-2,5,7-8,11-12,14H,3-4,6,9-10,13H2,(H,21,22)/b18-12+. The van der Waals surface area contributed by atoms with E-state index in [1.807, 2.05) is 40.5 Å². The zero-order valence-corrected chi connectivity index (χ0v) is 14.2. The molecule has 0 bridgehead atoms. The molecule has 7 heteroatoms. The maximum atomic E-state index is 11.1. The number of hydrogen-bond acceptors (Lipinski definition) is 5. The highest BCUT2D eigenvalue weighted by Gasteiger charge is 2.24. The Bertz CT molecular complexity index is 681. The normalized spacial score (nSPS) is 18.9. The first-order valence-corrected chi connectivity index (χ1v) is 8.93. The third kappa shape index (κ3) is 4.24. The van der Waals surface area contributed by atoms with Crippen LogP contribution >= 0.6 is 11.3 Å². The summed E-state index contributed by atoms with van der Waals surface area (Å²) >= 11 is 1.61. The molecule has 0 aromatic carbocycles. The summed E-state index contributed by atoms with van der Waals surface area (Å²) in [5.74, 6) is -0.952. The molecule has 1 fully saturated rings. The number of aliphatic carboxylic acids is 1. The van der Waals surface area contributed by atoms with Crippen molar-refractivity contribution < 1.29 is 14.7 Å². The van der Waals surface area contributed by atoms with Crippen LogP contribution in [0.5, 0.6) is 0 Å². The van der Waals surface area contributed by atoms with Crippen molar-refractivity contribution in [2.24, 2.45) is 11.1 Å². The number of likely N-dealkylation sites (tertiary alicyclic amines) is 1. The van der Waals surface area contributed by atoms with Gasteiger partial charge in [0.05, 0.1) is 22.7 Å². The number of aromatic nitrogens is 1. The molecule has 1 aliphatic heterocycles. The van der Waals surface area contributed by atoms with E-state index in [1.165, 1.54) is 0 Å². The molecular weight excluding hydrogens is 326 g/mol. The van der Waals surface area contributed by atoms with Gasteiger partial charge in [-0.2, -0.15) is 0 Å². The lowest BCUT2D eigenvalue weighted by Crippen LogP contribution is -2.40. The van der Waals surface area contributed by atoms with Gasteiger partial charge in [-0.25, -0.2) is 0 Å². The number of oxime groups is 1. The molecule has 1 aliphatic rings. The molecule has 0 amide bonds. The van der Waals surface area contributed by atoms with E-state index in [9.17, 15) is 4.79 Å². The summed E-state index contributed by atoms with van der Waals surface area (Å²) in [6, 6.07) is 6.02. The van der Waals surface area contributed by atoms with E-state index in [-0.39, 0.29) is 5.92 Å². The van der Waals surface area contributed by atoms with Crippen LogP contribution < -0.4 is 0 Å². The van der Waals surface area contributed by atoms with Crippen LogP contribution in [0.1, 0.15) is 17.7 Å². The number of carbonyl (C=O) groups is 1. The van der Waals surface area contributed by atoms with Gasteiger partial charge in [0.15, 0.2) is 0 Å².